The van der Waals surface area contributed by atoms with Crippen molar-refractivity contribution < 1.29 is 76.9 Å². The third-order valence-corrected chi connectivity index (χ3v) is 13.9. The number of nitrogens with one attached hydrogen (secondary N) is 1. The molecule has 0 spiro atoms. The van der Waals surface area contributed by atoms with Gasteiger partial charge in [-0.05, 0) is 61.7 Å². The second kappa shape index (κ2) is 18.7. The summed E-state index contributed by atoms with van der Waals surface area (Å²) in [4.78, 5) is 98.0. The van der Waals surface area contributed by atoms with Gasteiger partial charge in [-0.1, -0.05) is 80.6 Å². The predicted octanol–water partition coefficient (Wildman–Crippen LogP) is 4.92. The van der Waals surface area contributed by atoms with Crippen LogP contribution in [0.25, 0.3) is 0 Å². The Balaban J connectivity index is 1.42. The molecule has 0 aromatic heterocycles. The average Bonchev–Trinajstić information content (AvgIpc) is 3.29. The molecule has 356 valence electrons. The highest BCUT2D eigenvalue weighted by atomic mass is 16.7. The number of carbonyl (C=O) groups is 7. The maximum atomic E-state index is 16.0. The first-order valence-corrected chi connectivity index (χ1v) is 22.1. The summed E-state index contributed by atoms with van der Waals surface area (Å²) in [6.45, 7) is 9.27. The Labute approximate surface area is 387 Å². The van der Waals surface area contributed by atoms with E-state index < -0.39 is 119 Å². The Hall–Kier alpha value is -6.43. The molecule has 1 saturated heterocycles. The van der Waals surface area contributed by atoms with E-state index in [9.17, 15) is 39.0 Å². The molecule has 3 aromatic carbocycles. The van der Waals surface area contributed by atoms with E-state index in [0.717, 1.165) is 13.8 Å². The molecule has 11 atom stereocenters. The number of fused-ring (bicyclic) bond motifs is 5. The number of hydrogen-bond donors (Lipinski definition) is 3. The van der Waals surface area contributed by atoms with Crippen molar-refractivity contribution in [1.82, 2.24) is 5.32 Å². The van der Waals surface area contributed by atoms with Crippen molar-refractivity contribution in [1.29, 1.82) is 0 Å². The highest BCUT2D eigenvalue weighted by Gasteiger charge is 2.79. The van der Waals surface area contributed by atoms with Crippen molar-refractivity contribution in [2.45, 2.75) is 115 Å². The minimum Gasteiger partial charge on any atom is -0.456 e. The van der Waals surface area contributed by atoms with Crippen LogP contribution in [0.1, 0.15) is 93.6 Å². The Morgan fingerprint density at radius 2 is 1.42 bits per heavy atom. The smallest absolute Gasteiger partial charge is 0.456 e. The molecular weight excluding hydrogens is 871 g/mol. The number of ether oxygens (including phenoxy) is 7. The van der Waals surface area contributed by atoms with Gasteiger partial charge in [0.25, 0.3) is 5.91 Å². The van der Waals surface area contributed by atoms with Gasteiger partial charge < -0.3 is 48.7 Å². The molecule has 2 saturated carbocycles. The number of Topliss-reactive ketones (excluding diaryl/α,β-unsaturated/α-hetero) is 1. The fourth-order valence-corrected chi connectivity index (χ4v) is 10.6. The van der Waals surface area contributed by atoms with Crippen LogP contribution in [-0.2, 0) is 52.3 Å². The minimum absolute atomic E-state index is 0.0354. The van der Waals surface area contributed by atoms with E-state index >= 15 is 4.79 Å². The molecule has 4 aliphatic rings. The van der Waals surface area contributed by atoms with Crippen LogP contribution in [0.2, 0.25) is 0 Å². The van der Waals surface area contributed by atoms with Crippen LogP contribution in [0.15, 0.2) is 102 Å². The molecule has 2 bridgehead atoms. The molecule has 1 heterocycles. The van der Waals surface area contributed by atoms with Gasteiger partial charge in [-0.15, -0.1) is 0 Å². The zero-order chi connectivity index (χ0) is 48.6. The quantitative estimate of drug-likeness (QED) is 0.124. The summed E-state index contributed by atoms with van der Waals surface area (Å²) >= 11 is 0. The first-order chi connectivity index (χ1) is 31.7. The molecule has 17 heteroatoms. The van der Waals surface area contributed by atoms with E-state index in [1.165, 1.54) is 26.0 Å². The zero-order valence-corrected chi connectivity index (χ0v) is 38.2. The summed E-state index contributed by atoms with van der Waals surface area (Å²) < 4.78 is 41.8. The standard InChI is InChI=1S/C50H55NO16/c1-8-61-46(59)65-34-24-35-49(26-62-35,67-29(4)53)40-42(66-44(57)32-22-16-11-17-23-32)50(60)25-33(27(2)36(47(50,5)6)39(63-28(3)52)41(55)48(34,40)7)64-45(58)38(54)37(30-18-12-9-13-19-30)51-43(56)31-20-14-10-15-21-31/h9-23,33-35,37-40,42,54,60H,8,24-26H2,1-7H3,(H,51,56)/t33-,34-,35+,37-,38+,39+,40?,42-,48+,49-,50+/m0/s1. The molecule has 3 fully saturated rings. The molecule has 0 radical (unpaired) electrons. The average molecular weight is 926 g/mol. The van der Waals surface area contributed by atoms with Gasteiger partial charge in [-0.25, -0.2) is 14.4 Å². The minimum atomic E-state index is -2.47. The number of rotatable bonds is 12. The van der Waals surface area contributed by atoms with E-state index in [2.05, 4.69) is 5.32 Å². The second-order valence-corrected chi connectivity index (χ2v) is 18.1. The Bertz CT molecular complexity index is 2440. The largest absolute Gasteiger partial charge is 0.508 e. The van der Waals surface area contributed by atoms with Crippen molar-refractivity contribution in [2.24, 2.45) is 16.7 Å². The van der Waals surface area contributed by atoms with E-state index in [1.807, 2.05) is 0 Å². The van der Waals surface area contributed by atoms with Crippen molar-refractivity contribution in [3.63, 3.8) is 0 Å². The topological polar surface area (TPSA) is 237 Å². The Morgan fingerprint density at radius 1 is 0.821 bits per heavy atom. The molecule has 1 unspecified atom stereocenters. The monoisotopic (exact) mass is 925 g/mol. The number of aliphatic hydroxyl groups excluding tert-OH is 1. The van der Waals surface area contributed by atoms with E-state index in [1.54, 1.807) is 99.6 Å². The maximum absolute atomic E-state index is 16.0. The lowest BCUT2D eigenvalue weighted by molar-refractivity contribution is -0.346. The van der Waals surface area contributed by atoms with Crippen LogP contribution in [0.4, 0.5) is 4.79 Å². The van der Waals surface area contributed by atoms with Crippen LogP contribution < -0.4 is 5.32 Å². The van der Waals surface area contributed by atoms with Crippen molar-refractivity contribution in [3.05, 3.63) is 119 Å². The van der Waals surface area contributed by atoms with Gasteiger partial charge in [-0.3, -0.25) is 19.2 Å². The third-order valence-electron chi connectivity index (χ3n) is 13.9. The SMILES string of the molecule is CCOC(=O)O[C@H]1C[C@H]2OC[C@@]2(OC(C)=O)C2[C@H](OC(=O)c3ccccc3)[C@]3(O)C[C@H](OC(=O)[C@H](O)[C@@H](NC(=O)c4ccccc4)c4ccccc4)C(C)=C([C@@H](OC(C)=O)C(=O)[C@@]21C)C3(C)C. The molecule has 3 N–H and O–H groups in total. The van der Waals surface area contributed by atoms with Crippen LogP contribution in [0.3, 0.4) is 0 Å². The molecule has 3 aliphatic carbocycles. The molecule has 1 aliphatic heterocycles. The summed E-state index contributed by atoms with van der Waals surface area (Å²) in [5, 5.41) is 28.5. The number of aliphatic hydroxyl groups is 2. The number of esters is 4. The fraction of sp³-hybridized carbons (Fsp3) is 0.460. The lowest BCUT2D eigenvalue weighted by Crippen LogP contribution is -2.82. The summed E-state index contributed by atoms with van der Waals surface area (Å²) in [5.41, 5.74) is -7.48. The molecule has 67 heavy (non-hydrogen) atoms. The molecule has 17 nitrogen and oxygen atoms in total. The molecule has 7 rings (SSSR count). The van der Waals surface area contributed by atoms with Gasteiger partial charge in [0.15, 0.2) is 23.6 Å². The zero-order valence-electron chi connectivity index (χ0n) is 38.2. The maximum Gasteiger partial charge on any atom is 0.508 e. The lowest BCUT2D eigenvalue weighted by Gasteiger charge is -2.67. The van der Waals surface area contributed by atoms with Crippen LogP contribution in [0, 0.1) is 16.7 Å². The fourth-order valence-electron chi connectivity index (χ4n) is 10.6. The van der Waals surface area contributed by atoms with Gasteiger partial charge in [0.05, 0.1) is 36.2 Å². The van der Waals surface area contributed by atoms with Crippen molar-refractivity contribution in [2.75, 3.05) is 13.2 Å². The predicted molar refractivity (Wildman–Crippen MR) is 234 cm³/mol. The number of carbonyl (C=O) groups excluding carboxylic acids is 7. The second-order valence-electron chi connectivity index (χ2n) is 18.1. The number of amides is 1. The van der Waals surface area contributed by atoms with Gasteiger partial charge >= 0.3 is 30.0 Å². The van der Waals surface area contributed by atoms with Crippen LogP contribution >= 0.6 is 0 Å². The number of benzene rings is 3. The third kappa shape index (κ3) is 8.59. The van der Waals surface area contributed by atoms with Gasteiger partial charge in [0.1, 0.15) is 30.0 Å². The van der Waals surface area contributed by atoms with Crippen molar-refractivity contribution in [3.8, 4) is 0 Å². The summed E-state index contributed by atoms with van der Waals surface area (Å²) in [6.07, 6.45) is -12.0. The molecule has 3 aromatic rings. The first kappa shape index (κ1) is 48.5. The van der Waals surface area contributed by atoms with Crippen LogP contribution in [0.5, 0.6) is 0 Å². The van der Waals surface area contributed by atoms with Gasteiger partial charge in [0.2, 0.25) is 0 Å². The van der Waals surface area contributed by atoms with E-state index in [4.69, 9.17) is 33.2 Å². The first-order valence-electron chi connectivity index (χ1n) is 22.1. The van der Waals surface area contributed by atoms with Gasteiger partial charge in [-0.2, -0.15) is 0 Å². The van der Waals surface area contributed by atoms with E-state index in [0.29, 0.717) is 5.56 Å². The lowest BCUT2D eigenvalue weighted by atomic mass is 9.44. The van der Waals surface area contributed by atoms with Gasteiger partial charge in [0, 0.05) is 37.7 Å². The summed E-state index contributed by atoms with van der Waals surface area (Å²) in [5.74, 6) is -7.13. The van der Waals surface area contributed by atoms with E-state index in [-0.39, 0.29) is 41.9 Å². The van der Waals surface area contributed by atoms with Crippen molar-refractivity contribution >= 4 is 41.7 Å². The highest BCUT2D eigenvalue weighted by molar-refractivity contribution is 5.96. The normalized spacial score (nSPS) is 30.2. The molecular formula is C50H55NO16. The Morgan fingerprint density at radius 3 is 1.97 bits per heavy atom. The highest BCUT2D eigenvalue weighted by Crippen LogP contribution is 2.65. The Kier molecular flexibility index (Phi) is 13.5. The summed E-state index contributed by atoms with van der Waals surface area (Å²) in [7, 11) is 0. The number of hydrogen-bond acceptors (Lipinski definition) is 16. The molecule has 1 amide bonds. The summed E-state index contributed by atoms with van der Waals surface area (Å²) in [6, 6.07) is 22.8. The van der Waals surface area contributed by atoms with Crippen LogP contribution in [-0.4, -0.2) is 113 Å². The number of ketones is 1.